The summed E-state index contributed by atoms with van der Waals surface area (Å²) in [6.45, 7) is 2.99. The number of aryl methyl sites for hydroxylation is 2. The first-order chi connectivity index (χ1) is 16.2. The number of piperazine rings is 1. The fraction of sp³-hybridized carbons (Fsp3) is 0.391. The summed E-state index contributed by atoms with van der Waals surface area (Å²) in [6.07, 6.45) is 3.22. The van der Waals surface area contributed by atoms with E-state index in [9.17, 15) is 9.59 Å². The minimum atomic E-state index is -0.126. The lowest BCUT2D eigenvalue weighted by atomic mass is 10.1. The predicted molar refractivity (Wildman–Crippen MR) is 117 cm³/mol. The van der Waals surface area contributed by atoms with Crippen molar-refractivity contribution in [3.63, 3.8) is 0 Å². The second-order valence-electron chi connectivity index (χ2n) is 8.52. The summed E-state index contributed by atoms with van der Waals surface area (Å²) in [5.41, 5.74) is 3.57. The summed E-state index contributed by atoms with van der Waals surface area (Å²) < 4.78 is 12.7. The first kappa shape index (κ1) is 19.8. The van der Waals surface area contributed by atoms with E-state index in [1.807, 2.05) is 28.9 Å². The SMILES string of the molecule is O=C(c1cc2n(n1)CCCC2)N1CCN(C(=O)c2cc(-c3ccc4c(c3)OCO4)n[nH]2)CC1. The lowest BCUT2D eigenvalue weighted by Gasteiger charge is -2.34. The van der Waals surface area contributed by atoms with Gasteiger partial charge in [0, 0.05) is 44.0 Å². The van der Waals surface area contributed by atoms with Crippen LogP contribution in [0.5, 0.6) is 11.5 Å². The third-order valence-corrected chi connectivity index (χ3v) is 6.47. The van der Waals surface area contributed by atoms with Crippen LogP contribution < -0.4 is 9.47 Å². The Labute approximate surface area is 190 Å². The number of H-pyrrole nitrogens is 1. The van der Waals surface area contributed by atoms with Crippen LogP contribution in [0, 0.1) is 0 Å². The fourth-order valence-electron chi connectivity index (χ4n) is 4.60. The number of carbonyl (C=O) groups excluding carboxylic acids is 2. The third kappa shape index (κ3) is 3.61. The number of nitrogens with zero attached hydrogens (tertiary/aromatic N) is 5. The summed E-state index contributed by atoms with van der Waals surface area (Å²) in [4.78, 5) is 29.4. The Morgan fingerprint density at radius 1 is 0.879 bits per heavy atom. The zero-order chi connectivity index (χ0) is 22.4. The minimum absolute atomic E-state index is 0.0596. The maximum Gasteiger partial charge on any atom is 0.274 e. The van der Waals surface area contributed by atoms with Crippen molar-refractivity contribution in [2.45, 2.75) is 25.8 Å². The van der Waals surface area contributed by atoms with Crippen molar-refractivity contribution in [1.82, 2.24) is 29.8 Å². The van der Waals surface area contributed by atoms with E-state index in [0.717, 1.165) is 37.1 Å². The lowest BCUT2D eigenvalue weighted by Crippen LogP contribution is -2.50. The molecule has 6 rings (SSSR count). The van der Waals surface area contributed by atoms with E-state index in [0.29, 0.717) is 54.8 Å². The number of fused-ring (bicyclic) bond motifs is 2. The van der Waals surface area contributed by atoms with E-state index < -0.39 is 0 Å². The van der Waals surface area contributed by atoms with Crippen molar-refractivity contribution in [2.75, 3.05) is 33.0 Å². The molecule has 0 atom stereocenters. The second kappa shape index (κ2) is 7.95. The number of hydrogen-bond acceptors (Lipinski definition) is 6. The normalized spacial score (nSPS) is 17.2. The highest BCUT2D eigenvalue weighted by Crippen LogP contribution is 2.35. The first-order valence-electron chi connectivity index (χ1n) is 11.3. The van der Waals surface area contributed by atoms with Crippen LogP contribution >= 0.6 is 0 Å². The molecule has 1 N–H and O–H groups in total. The third-order valence-electron chi connectivity index (χ3n) is 6.47. The highest BCUT2D eigenvalue weighted by Gasteiger charge is 2.28. The Morgan fingerprint density at radius 3 is 2.48 bits per heavy atom. The average Bonchev–Trinajstić information content (AvgIpc) is 3.61. The number of amides is 2. The van der Waals surface area contributed by atoms with Crippen LogP contribution in [0.3, 0.4) is 0 Å². The van der Waals surface area contributed by atoms with E-state index in [2.05, 4.69) is 15.3 Å². The summed E-state index contributed by atoms with van der Waals surface area (Å²) >= 11 is 0. The first-order valence-corrected chi connectivity index (χ1v) is 11.3. The van der Waals surface area contributed by atoms with Gasteiger partial charge in [-0.3, -0.25) is 19.4 Å². The van der Waals surface area contributed by atoms with Crippen LogP contribution in [0.4, 0.5) is 0 Å². The van der Waals surface area contributed by atoms with Gasteiger partial charge in [-0.05, 0) is 49.6 Å². The van der Waals surface area contributed by atoms with Gasteiger partial charge in [0.2, 0.25) is 6.79 Å². The molecule has 10 heteroatoms. The highest BCUT2D eigenvalue weighted by molar-refractivity contribution is 5.95. The molecule has 3 aliphatic heterocycles. The molecule has 0 saturated carbocycles. The van der Waals surface area contributed by atoms with Gasteiger partial charge in [0.05, 0.1) is 5.69 Å². The van der Waals surface area contributed by atoms with Crippen molar-refractivity contribution in [3.8, 4) is 22.8 Å². The molecule has 2 aromatic heterocycles. The number of aromatic nitrogens is 4. The molecule has 33 heavy (non-hydrogen) atoms. The number of carbonyl (C=O) groups is 2. The van der Waals surface area contributed by atoms with Gasteiger partial charge < -0.3 is 19.3 Å². The van der Waals surface area contributed by atoms with Crippen LogP contribution in [0.2, 0.25) is 0 Å². The molecular formula is C23H24N6O4. The lowest BCUT2D eigenvalue weighted by molar-refractivity contribution is 0.0528. The molecule has 0 bridgehead atoms. The Balaban J connectivity index is 1.10. The number of aromatic amines is 1. The van der Waals surface area contributed by atoms with Crippen molar-refractivity contribution in [3.05, 3.63) is 47.4 Å². The number of hydrogen-bond donors (Lipinski definition) is 1. The van der Waals surface area contributed by atoms with Crippen molar-refractivity contribution in [2.24, 2.45) is 0 Å². The van der Waals surface area contributed by atoms with Gasteiger partial charge in [0.15, 0.2) is 17.2 Å². The van der Waals surface area contributed by atoms with Gasteiger partial charge in [-0.1, -0.05) is 0 Å². The molecule has 10 nitrogen and oxygen atoms in total. The summed E-state index contributed by atoms with van der Waals surface area (Å²) in [7, 11) is 0. The zero-order valence-electron chi connectivity index (χ0n) is 18.1. The van der Waals surface area contributed by atoms with E-state index in [4.69, 9.17) is 9.47 Å². The second-order valence-corrected chi connectivity index (χ2v) is 8.52. The summed E-state index contributed by atoms with van der Waals surface area (Å²) in [5.74, 6) is 1.19. The molecule has 1 saturated heterocycles. The summed E-state index contributed by atoms with van der Waals surface area (Å²) in [6, 6.07) is 9.23. The molecule has 0 radical (unpaired) electrons. The highest BCUT2D eigenvalue weighted by atomic mass is 16.7. The predicted octanol–water partition coefficient (Wildman–Crippen LogP) is 1.94. The van der Waals surface area contributed by atoms with Gasteiger partial charge in [0.1, 0.15) is 5.69 Å². The Kier molecular flexibility index (Phi) is 4.78. The Hall–Kier alpha value is -3.82. The van der Waals surface area contributed by atoms with Gasteiger partial charge in [-0.25, -0.2) is 0 Å². The molecule has 3 aliphatic rings. The van der Waals surface area contributed by atoms with Gasteiger partial charge >= 0.3 is 0 Å². The van der Waals surface area contributed by atoms with E-state index in [1.54, 1.807) is 15.9 Å². The Bertz CT molecular complexity index is 1200. The minimum Gasteiger partial charge on any atom is -0.454 e. The van der Waals surface area contributed by atoms with Crippen LogP contribution in [-0.4, -0.2) is 74.6 Å². The van der Waals surface area contributed by atoms with Crippen LogP contribution in [0.15, 0.2) is 30.3 Å². The molecule has 1 aromatic carbocycles. The van der Waals surface area contributed by atoms with Crippen molar-refractivity contribution in [1.29, 1.82) is 0 Å². The Morgan fingerprint density at radius 2 is 1.67 bits per heavy atom. The maximum absolute atomic E-state index is 13.0. The van der Waals surface area contributed by atoms with Crippen LogP contribution in [0.25, 0.3) is 11.3 Å². The molecule has 0 unspecified atom stereocenters. The molecule has 0 spiro atoms. The van der Waals surface area contributed by atoms with E-state index >= 15 is 0 Å². The topological polar surface area (TPSA) is 106 Å². The quantitative estimate of drug-likeness (QED) is 0.657. The fourth-order valence-corrected chi connectivity index (χ4v) is 4.60. The standard InChI is InChI=1S/C23H24N6O4/c30-22(18-13-17(24-25-18)15-4-5-20-21(11-15)33-14-32-20)27-7-9-28(10-8-27)23(31)19-12-16-3-1-2-6-29(16)26-19/h4-5,11-13H,1-3,6-10,14H2,(H,24,25). The number of benzene rings is 1. The van der Waals surface area contributed by atoms with Gasteiger partial charge in [-0.15, -0.1) is 0 Å². The molecule has 0 aliphatic carbocycles. The molecule has 170 valence electrons. The monoisotopic (exact) mass is 448 g/mol. The summed E-state index contributed by atoms with van der Waals surface area (Å²) in [5, 5.41) is 11.6. The maximum atomic E-state index is 13.0. The molecule has 5 heterocycles. The molecular weight excluding hydrogens is 424 g/mol. The van der Waals surface area contributed by atoms with E-state index in [1.165, 1.54) is 0 Å². The molecule has 3 aromatic rings. The van der Waals surface area contributed by atoms with Gasteiger partial charge in [-0.2, -0.15) is 10.2 Å². The van der Waals surface area contributed by atoms with Crippen LogP contribution in [0.1, 0.15) is 39.5 Å². The van der Waals surface area contributed by atoms with Crippen LogP contribution in [-0.2, 0) is 13.0 Å². The van der Waals surface area contributed by atoms with Gasteiger partial charge in [0.25, 0.3) is 11.8 Å². The molecule has 1 fully saturated rings. The van der Waals surface area contributed by atoms with E-state index in [-0.39, 0.29) is 18.6 Å². The number of nitrogens with one attached hydrogen (secondary N) is 1. The van der Waals surface area contributed by atoms with Crippen molar-refractivity contribution < 1.29 is 19.1 Å². The number of rotatable bonds is 3. The number of ether oxygens (including phenoxy) is 2. The average molecular weight is 448 g/mol. The smallest absolute Gasteiger partial charge is 0.274 e. The largest absolute Gasteiger partial charge is 0.454 e. The zero-order valence-corrected chi connectivity index (χ0v) is 18.1. The van der Waals surface area contributed by atoms with Crippen molar-refractivity contribution >= 4 is 11.8 Å². The molecule has 2 amide bonds.